The molecule has 5 heteroatoms. The standard InChI is InChI=1S/C13H24N2O3/c1-6-13(7-2,17-8-3)12-14-11(18-15-12)9(4)10(5)16/h9-10,16H,6-8H2,1-5H3. The fraction of sp³-hybridized carbons (Fsp3) is 0.846. The van der Waals surface area contributed by atoms with Gasteiger partial charge in [0, 0.05) is 6.61 Å². The van der Waals surface area contributed by atoms with Crippen LogP contribution in [0, 0.1) is 0 Å². The molecule has 1 N–H and O–H groups in total. The van der Waals surface area contributed by atoms with Gasteiger partial charge in [0.1, 0.15) is 5.60 Å². The third-order valence-electron chi connectivity index (χ3n) is 3.53. The van der Waals surface area contributed by atoms with E-state index in [-0.39, 0.29) is 5.92 Å². The Morgan fingerprint density at radius 1 is 1.28 bits per heavy atom. The van der Waals surface area contributed by atoms with Crippen LogP contribution in [0.25, 0.3) is 0 Å². The minimum atomic E-state index is -0.511. The predicted octanol–water partition coefficient (Wildman–Crippen LogP) is 2.61. The maximum Gasteiger partial charge on any atom is 0.232 e. The minimum absolute atomic E-state index is 0.167. The lowest BCUT2D eigenvalue weighted by Gasteiger charge is -2.27. The topological polar surface area (TPSA) is 68.4 Å². The smallest absolute Gasteiger partial charge is 0.232 e. The molecule has 0 amide bonds. The van der Waals surface area contributed by atoms with Crippen molar-refractivity contribution in [3.05, 3.63) is 11.7 Å². The Bertz CT molecular complexity index is 359. The van der Waals surface area contributed by atoms with E-state index in [1.54, 1.807) is 6.92 Å². The molecule has 0 radical (unpaired) electrons. The van der Waals surface area contributed by atoms with Crippen molar-refractivity contribution in [1.82, 2.24) is 10.1 Å². The maximum absolute atomic E-state index is 9.55. The third-order valence-corrected chi connectivity index (χ3v) is 3.53. The van der Waals surface area contributed by atoms with E-state index in [1.807, 2.05) is 27.7 Å². The Morgan fingerprint density at radius 2 is 1.89 bits per heavy atom. The Hall–Kier alpha value is -0.940. The van der Waals surface area contributed by atoms with Gasteiger partial charge in [-0.1, -0.05) is 25.9 Å². The van der Waals surface area contributed by atoms with Gasteiger partial charge in [0.2, 0.25) is 11.7 Å². The molecule has 0 spiro atoms. The van der Waals surface area contributed by atoms with Gasteiger partial charge < -0.3 is 14.4 Å². The Morgan fingerprint density at radius 3 is 2.33 bits per heavy atom. The minimum Gasteiger partial charge on any atom is -0.393 e. The predicted molar refractivity (Wildman–Crippen MR) is 68.3 cm³/mol. The quantitative estimate of drug-likeness (QED) is 0.812. The summed E-state index contributed by atoms with van der Waals surface area (Å²) in [5, 5.41) is 13.6. The molecule has 0 aliphatic heterocycles. The lowest BCUT2D eigenvalue weighted by molar-refractivity contribution is -0.0583. The first-order valence-electron chi connectivity index (χ1n) is 6.66. The molecule has 18 heavy (non-hydrogen) atoms. The van der Waals surface area contributed by atoms with Crippen molar-refractivity contribution in [2.75, 3.05) is 6.61 Å². The average Bonchev–Trinajstić information content (AvgIpc) is 2.85. The van der Waals surface area contributed by atoms with Crippen LogP contribution in [0.5, 0.6) is 0 Å². The highest BCUT2D eigenvalue weighted by molar-refractivity contribution is 5.03. The Labute approximate surface area is 109 Å². The van der Waals surface area contributed by atoms with E-state index < -0.39 is 11.7 Å². The van der Waals surface area contributed by atoms with Gasteiger partial charge in [-0.3, -0.25) is 0 Å². The summed E-state index contributed by atoms with van der Waals surface area (Å²) < 4.78 is 11.1. The molecule has 0 fully saturated rings. The van der Waals surface area contributed by atoms with E-state index in [2.05, 4.69) is 10.1 Å². The van der Waals surface area contributed by atoms with Crippen LogP contribution in [0.2, 0.25) is 0 Å². The summed E-state index contributed by atoms with van der Waals surface area (Å²) in [4.78, 5) is 4.40. The molecule has 0 bridgehead atoms. The van der Waals surface area contributed by atoms with Crippen LogP contribution in [-0.4, -0.2) is 28.0 Å². The van der Waals surface area contributed by atoms with Gasteiger partial charge in [0.15, 0.2) is 0 Å². The van der Waals surface area contributed by atoms with Crippen LogP contribution in [0.15, 0.2) is 4.52 Å². The van der Waals surface area contributed by atoms with Gasteiger partial charge in [-0.2, -0.15) is 4.98 Å². The van der Waals surface area contributed by atoms with E-state index in [4.69, 9.17) is 9.26 Å². The van der Waals surface area contributed by atoms with Crippen molar-refractivity contribution >= 4 is 0 Å². The molecule has 1 aromatic heterocycles. The first kappa shape index (κ1) is 15.1. The second kappa shape index (κ2) is 6.29. The van der Waals surface area contributed by atoms with Crippen molar-refractivity contribution in [3.63, 3.8) is 0 Å². The average molecular weight is 256 g/mol. The Kier molecular flexibility index (Phi) is 5.28. The lowest BCUT2D eigenvalue weighted by atomic mass is 9.96. The van der Waals surface area contributed by atoms with Crippen LogP contribution >= 0.6 is 0 Å². The molecule has 5 nitrogen and oxygen atoms in total. The molecule has 2 atom stereocenters. The summed E-state index contributed by atoms with van der Waals surface area (Å²) in [5.41, 5.74) is -0.477. The summed E-state index contributed by atoms with van der Waals surface area (Å²) in [6.07, 6.45) is 1.07. The monoisotopic (exact) mass is 256 g/mol. The molecule has 0 aliphatic rings. The number of hydrogen-bond acceptors (Lipinski definition) is 5. The van der Waals surface area contributed by atoms with E-state index in [0.29, 0.717) is 18.3 Å². The third kappa shape index (κ3) is 2.90. The van der Waals surface area contributed by atoms with Crippen LogP contribution in [-0.2, 0) is 10.3 Å². The van der Waals surface area contributed by atoms with Gasteiger partial charge in [0.05, 0.1) is 12.0 Å². The summed E-state index contributed by atoms with van der Waals surface area (Å²) in [6.45, 7) is 10.2. The number of nitrogens with zero attached hydrogens (tertiary/aromatic N) is 2. The van der Waals surface area contributed by atoms with E-state index in [0.717, 1.165) is 12.8 Å². The highest BCUT2D eigenvalue weighted by Crippen LogP contribution is 2.32. The first-order valence-corrected chi connectivity index (χ1v) is 6.66. The number of aliphatic hydroxyl groups is 1. The number of ether oxygens (including phenoxy) is 1. The molecule has 1 rings (SSSR count). The molecular formula is C13H24N2O3. The zero-order valence-electron chi connectivity index (χ0n) is 11.9. The number of aromatic nitrogens is 2. The fourth-order valence-corrected chi connectivity index (χ4v) is 1.92. The van der Waals surface area contributed by atoms with Gasteiger partial charge in [-0.25, -0.2) is 0 Å². The molecule has 2 unspecified atom stereocenters. The maximum atomic E-state index is 9.55. The van der Waals surface area contributed by atoms with Gasteiger partial charge in [0.25, 0.3) is 0 Å². The van der Waals surface area contributed by atoms with Crippen LogP contribution in [0.4, 0.5) is 0 Å². The molecule has 1 heterocycles. The summed E-state index contributed by atoms with van der Waals surface area (Å²) in [5.74, 6) is 0.877. The molecule has 0 aromatic carbocycles. The molecule has 0 saturated heterocycles. The fourth-order valence-electron chi connectivity index (χ4n) is 1.92. The van der Waals surface area contributed by atoms with E-state index in [1.165, 1.54) is 0 Å². The van der Waals surface area contributed by atoms with Crippen molar-refractivity contribution in [1.29, 1.82) is 0 Å². The second-order valence-corrected chi connectivity index (χ2v) is 4.62. The van der Waals surface area contributed by atoms with Gasteiger partial charge >= 0.3 is 0 Å². The highest BCUT2D eigenvalue weighted by Gasteiger charge is 2.35. The highest BCUT2D eigenvalue weighted by atomic mass is 16.5. The van der Waals surface area contributed by atoms with Gasteiger partial charge in [-0.15, -0.1) is 0 Å². The largest absolute Gasteiger partial charge is 0.393 e. The first-order chi connectivity index (χ1) is 8.50. The number of rotatable bonds is 7. The molecular weight excluding hydrogens is 232 g/mol. The van der Waals surface area contributed by atoms with Crippen molar-refractivity contribution < 1.29 is 14.4 Å². The summed E-state index contributed by atoms with van der Waals surface area (Å²) in [6, 6.07) is 0. The van der Waals surface area contributed by atoms with Crippen molar-refractivity contribution in [2.24, 2.45) is 0 Å². The number of hydrogen-bond donors (Lipinski definition) is 1. The van der Waals surface area contributed by atoms with E-state index >= 15 is 0 Å². The molecule has 0 saturated carbocycles. The normalized spacial score (nSPS) is 15.7. The zero-order valence-corrected chi connectivity index (χ0v) is 11.9. The zero-order chi connectivity index (χ0) is 13.8. The van der Waals surface area contributed by atoms with Crippen LogP contribution in [0.1, 0.15) is 65.1 Å². The van der Waals surface area contributed by atoms with E-state index in [9.17, 15) is 5.11 Å². The van der Waals surface area contributed by atoms with Crippen LogP contribution in [0.3, 0.4) is 0 Å². The van der Waals surface area contributed by atoms with Crippen molar-refractivity contribution in [3.8, 4) is 0 Å². The SMILES string of the molecule is CCOC(CC)(CC)c1noc(C(C)C(C)O)n1. The van der Waals surface area contributed by atoms with Gasteiger partial charge in [-0.05, 0) is 26.7 Å². The molecule has 104 valence electrons. The summed E-state index contributed by atoms with van der Waals surface area (Å²) in [7, 11) is 0. The lowest BCUT2D eigenvalue weighted by Crippen LogP contribution is -2.30. The summed E-state index contributed by atoms with van der Waals surface area (Å²) >= 11 is 0. The molecule has 0 aliphatic carbocycles. The molecule has 1 aromatic rings. The second-order valence-electron chi connectivity index (χ2n) is 4.62. The Balaban J connectivity index is 3.01. The van der Waals surface area contributed by atoms with Crippen molar-refractivity contribution in [2.45, 2.75) is 65.1 Å². The number of aliphatic hydroxyl groups excluding tert-OH is 1. The van der Waals surface area contributed by atoms with Crippen LogP contribution < -0.4 is 0 Å².